The Morgan fingerprint density at radius 3 is 2.79 bits per heavy atom. The van der Waals surface area contributed by atoms with Gasteiger partial charge in [-0.3, -0.25) is 4.79 Å². The maximum atomic E-state index is 12.8. The van der Waals surface area contributed by atoms with Crippen LogP contribution >= 0.6 is 0 Å². The number of hydrogen-bond donors (Lipinski definition) is 0. The number of hydrogen-bond acceptors (Lipinski definition) is 3. The highest BCUT2D eigenvalue weighted by Gasteiger charge is 2.34. The summed E-state index contributed by atoms with van der Waals surface area (Å²) in [6, 6.07) is 8.11. The lowest BCUT2D eigenvalue weighted by molar-refractivity contribution is -0.144. The minimum Gasteiger partial charge on any atom is -0.497 e. The van der Waals surface area contributed by atoms with Crippen LogP contribution in [0.1, 0.15) is 52.5 Å². The van der Waals surface area contributed by atoms with Crippen LogP contribution in [-0.4, -0.2) is 36.6 Å². The molecule has 1 heterocycles. The highest BCUT2D eigenvalue weighted by molar-refractivity contribution is 5.81. The predicted octanol–water partition coefficient (Wildman–Crippen LogP) is 4.03. The van der Waals surface area contributed by atoms with Gasteiger partial charge in [-0.05, 0) is 49.3 Å². The van der Waals surface area contributed by atoms with Gasteiger partial charge in [0.1, 0.15) is 11.9 Å². The number of methoxy groups -OCH3 is 1. The minimum atomic E-state index is -0.420. The Balaban J connectivity index is 1.91. The molecule has 1 aliphatic rings. The third kappa shape index (κ3) is 5.23. The fourth-order valence-electron chi connectivity index (χ4n) is 3.33. The van der Waals surface area contributed by atoms with E-state index in [0.717, 1.165) is 37.1 Å². The van der Waals surface area contributed by atoms with Crippen molar-refractivity contribution < 1.29 is 14.3 Å². The van der Waals surface area contributed by atoms with Gasteiger partial charge < -0.3 is 14.4 Å². The zero-order chi connectivity index (χ0) is 17.7. The van der Waals surface area contributed by atoms with Crippen LogP contribution in [0.3, 0.4) is 0 Å². The lowest BCUT2D eigenvalue weighted by Gasteiger charge is -2.32. The first-order valence-electron chi connectivity index (χ1n) is 8.85. The van der Waals surface area contributed by atoms with Gasteiger partial charge in [0.2, 0.25) is 0 Å². The van der Waals surface area contributed by atoms with Gasteiger partial charge in [-0.15, -0.1) is 0 Å². The van der Waals surface area contributed by atoms with Gasteiger partial charge in [0.25, 0.3) is 5.91 Å². The Labute approximate surface area is 146 Å². The predicted molar refractivity (Wildman–Crippen MR) is 96.1 cm³/mol. The van der Waals surface area contributed by atoms with E-state index in [1.54, 1.807) is 7.11 Å². The number of carbonyl (C=O) groups excluding carboxylic acids is 1. The van der Waals surface area contributed by atoms with E-state index in [2.05, 4.69) is 20.8 Å². The lowest BCUT2D eigenvalue weighted by Crippen LogP contribution is -2.43. The third-order valence-electron chi connectivity index (χ3n) is 4.49. The van der Waals surface area contributed by atoms with Gasteiger partial charge in [0, 0.05) is 12.6 Å². The molecule has 24 heavy (non-hydrogen) atoms. The van der Waals surface area contributed by atoms with Crippen LogP contribution in [0.5, 0.6) is 5.75 Å². The summed E-state index contributed by atoms with van der Waals surface area (Å²) in [5.74, 6) is 0.921. The fraction of sp³-hybridized carbons (Fsp3) is 0.650. The van der Waals surface area contributed by atoms with Crippen molar-refractivity contribution in [3.8, 4) is 5.75 Å². The zero-order valence-electron chi connectivity index (χ0n) is 15.7. The van der Waals surface area contributed by atoms with E-state index in [1.165, 1.54) is 0 Å². The second-order valence-corrected chi connectivity index (χ2v) is 7.90. The van der Waals surface area contributed by atoms with E-state index in [0.29, 0.717) is 12.6 Å². The Bertz CT molecular complexity index is 550. The number of ether oxygens (including phenoxy) is 2. The summed E-state index contributed by atoms with van der Waals surface area (Å²) in [5.41, 5.74) is 1.25. The molecule has 2 atom stereocenters. The number of benzene rings is 1. The van der Waals surface area contributed by atoms with Gasteiger partial charge >= 0.3 is 0 Å². The summed E-state index contributed by atoms with van der Waals surface area (Å²) in [5, 5.41) is 0. The van der Waals surface area contributed by atoms with Crippen molar-refractivity contribution in [1.29, 1.82) is 0 Å². The topological polar surface area (TPSA) is 38.8 Å². The molecule has 0 bridgehead atoms. The molecule has 1 aromatic carbocycles. The Morgan fingerprint density at radius 2 is 2.12 bits per heavy atom. The first-order valence-corrected chi connectivity index (χ1v) is 8.85. The first-order chi connectivity index (χ1) is 11.3. The van der Waals surface area contributed by atoms with Gasteiger partial charge in [-0.1, -0.05) is 32.9 Å². The lowest BCUT2D eigenvalue weighted by atomic mass is 9.87. The molecule has 2 rings (SSSR count). The number of amides is 1. The van der Waals surface area contributed by atoms with E-state index in [4.69, 9.17) is 9.47 Å². The summed E-state index contributed by atoms with van der Waals surface area (Å²) in [7, 11) is 1.65. The van der Waals surface area contributed by atoms with Crippen LogP contribution in [0, 0.1) is 5.41 Å². The number of nitrogens with zero attached hydrogens (tertiary/aromatic N) is 1. The number of rotatable bonds is 6. The number of carbonyl (C=O) groups is 1. The molecule has 1 aliphatic heterocycles. The van der Waals surface area contributed by atoms with Crippen LogP contribution in [-0.2, 0) is 16.1 Å². The summed E-state index contributed by atoms with van der Waals surface area (Å²) < 4.78 is 11.1. The van der Waals surface area contributed by atoms with Crippen molar-refractivity contribution in [3.05, 3.63) is 29.8 Å². The van der Waals surface area contributed by atoms with E-state index in [1.807, 2.05) is 36.1 Å². The molecule has 0 radical (unpaired) electrons. The fourth-order valence-corrected chi connectivity index (χ4v) is 3.33. The largest absolute Gasteiger partial charge is 0.497 e. The van der Waals surface area contributed by atoms with E-state index in [-0.39, 0.29) is 11.3 Å². The van der Waals surface area contributed by atoms with E-state index < -0.39 is 6.10 Å². The summed E-state index contributed by atoms with van der Waals surface area (Å²) in [6.45, 7) is 9.83. The molecule has 0 spiro atoms. The van der Waals surface area contributed by atoms with Gasteiger partial charge in [0.15, 0.2) is 0 Å². The van der Waals surface area contributed by atoms with Crippen molar-refractivity contribution in [2.45, 2.75) is 65.7 Å². The molecule has 0 saturated carbocycles. The Morgan fingerprint density at radius 1 is 1.38 bits per heavy atom. The van der Waals surface area contributed by atoms with Crippen molar-refractivity contribution in [2.75, 3.05) is 13.7 Å². The summed E-state index contributed by atoms with van der Waals surface area (Å²) in [4.78, 5) is 14.8. The molecule has 0 aromatic heterocycles. The monoisotopic (exact) mass is 333 g/mol. The average molecular weight is 333 g/mol. The van der Waals surface area contributed by atoms with Gasteiger partial charge in [-0.2, -0.15) is 0 Å². The van der Waals surface area contributed by atoms with Crippen LogP contribution < -0.4 is 4.74 Å². The second-order valence-electron chi connectivity index (χ2n) is 7.90. The van der Waals surface area contributed by atoms with Crippen molar-refractivity contribution in [1.82, 2.24) is 4.90 Å². The average Bonchev–Trinajstić information content (AvgIpc) is 2.98. The molecule has 2 unspecified atom stereocenters. The maximum Gasteiger partial charge on any atom is 0.251 e. The molecule has 1 aromatic rings. The van der Waals surface area contributed by atoms with E-state index in [9.17, 15) is 4.79 Å². The molecule has 1 saturated heterocycles. The SMILES string of the molecule is COc1cccc(COC(C)C(=O)N2CCCC2CC(C)(C)C)c1. The second kappa shape index (κ2) is 8.02. The summed E-state index contributed by atoms with van der Waals surface area (Å²) in [6.07, 6.45) is 2.82. The van der Waals surface area contributed by atoms with Crippen LogP contribution in [0.15, 0.2) is 24.3 Å². The third-order valence-corrected chi connectivity index (χ3v) is 4.49. The molecule has 0 N–H and O–H groups in total. The Kier molecular flexibility index (Phi) is 6.27. The van der Waals surface area contributed by atoms with Crippen LogP contribution in [0.2, 0.25) is 0 Å². The highest BCUT2D eigenvalue weighted by Crippen LogP contribution is 2.30. The van der Waals surface area contributed by atoms with Crippen LogP contribution in [0.25, 0.3) is 0 Å². The zero-order valence-corrected chi connectivity index (χ0v) is 15.7. The highest BCUT2D eigenvalue weighted by atomic mass is 16.5. The molecule has 4 nitrogen and oxygen atoms in total. The Hall–Kier alpha value is -1.55. The van der Waals surface area contributed by atoms with E-state index >= 15 is 0 Å². The normalized spacial score (nSPS) is 19.4. The van der Waals surface area contributed by atoms with Gasteiger partial charge in [-0.25, -0.2) is 0 Å². The standard InChI is InChI=1S/C20H31NO3/c1-15(24-14-16-8-6-10-18(12-16)23-5)19(22)21-11-7-9-17(21)13-20(2,3)4/h6,8,10,12,15,17H,7,9,11,13-14H2,1-5H3. The summed E-state index contributed by atoms with van der Waals surface area (Å²) >= 11 is 0. The molecule has 0 aliphatic carbocycles. The van der Waals surface area contributed by atoms with Gasteiger partial charge in [0.05, 0.1) is 13.7 Å². The number of likely N-dealkylation sites (tertiary alicyclic amines) is 1. The molecular weight excluding hydrogens is 302 g/mol. The quantitative estimate of drug-likeness (QED) is 0.789. The molecule has 1 amide bonds. The smallest absolute Gasteiger partial charge is 0.251 e. The first kappa shape index (κ1) is 18.8. The maximum absolute atomic E-state index is 12.8. The van der Waals surface area contributed by atoms with Crippen molar-refractivity contribution in [3.63, 3.8) is 0 Å². The van der Waals surface area contributed by atoms with Crippen LogP contribution in [0.4, 0.5) is 0 Å². The minimum absolute atomic E-state index is 0.115. The molecule has 4 heteroatoms. The van der Waals surface area contributed by atoms with Crippen molar-refractivity contribution >= 4 is 5.91 Å². The molecular formula is C20H31NO3. The molecule has 1 fully saturated rings. The van der Waals surface area contributed by atoms with Crippen molar-refractivity contribution in [2.24, 2.45) is 5.41 Å². The molecule has 134 valence electrons.